The van der Waals surface area contributed by atoms with Crippen LogP contribution in [-0.4, -0.2) is 22.6 Å². The number of para-hydroxylation sites is 2. The molecule has 8 heteroatoms. The van der Waals surface area contributed by atoms with Gasteiger partial charge in [-0.1, -0.05) is 23.5 Å². The monoisotopic (exact) mass is 369 g/mol. The molecule has 0 unspecified atom stereocenters. The summed E-state index contributed by atoms with van der Waals surface area (Å²) in [5.41, 5.74) is 1.98. The first-order valence-electron chi connectivity index (χ1n) is 7.97. The van der Waals surface area contributed by atoms with E-state index in [1.54, 1.807) is 25.3 Å². The van der Waals surface area contributed by atoms with E-state index < -0.39 is 5.76 Å². The first-order chi connectivity index (χ1) is 12.6. The zero-order valence-corrected chi connectivity index (χ0v) is 14.7. The van der Waals surface area contributed by atoms with Gasteiger partial charge in [-0.3, -0.25) is 9.36 Å². The lowest BCUT2D eigenvalue weighted by atomic mass is 10.3. The quantitative estimate of drug-likeness (QED) is 0.584. The molecule has 0 aliphatic rings. The number of methoxy groups -OCH3 is 1. The van der Waals surface area contributed by atoms with Crippen molar-refractivity contribution in [3.8, 4) is 5.75 Å². The zero-order chi connectivity index (χ0) is 18.1. The van der Waals surface area contributed by atoms with Gasteiger partial charge in [-0.05, 0) is 30.3 Å². The van der Waals surface area contributed by atoms with Crippen molar-refractivity contribution >= 4 is 43.7 Å². The number of rotatable bonds is 5. The van der Waals surface area contributed by atoms with E-state index in [4.69, 9.17) is 9.15 Å². The molecular formula is C18H15N3O4S. The summed E-state index contributed by atoms with van der Waals surface area (Å²) in [6.45, 7) is 0.237. The van der Waals surface area contributed by atoms with Crippen LogP contribution in [0.2, 0.25) is 0 Å². The number of carbonyl (C=O) groups is 1. The van der Waals surface area contributed by atoms with E-state index in [-0.39, 0.29) is 18.9 Å². The van der Waals surface area contributed by atoms with Gasteiger partial charge in [0.25, 0.3) is 0 Å². The van der Waals surface area contributed by atoms with Gasteiger partial charge in [-0.15, -0.1) is 0 Å². The summed E-state index contributed by atoms with van der Waals surface area (Å²) in [5.74, 6) is 0.0597. The van der Waals surface area contributed by atoms with E-state index in [9.17, 15) is 9.59 Å². The molecule has 132 valence electrons. The van der Waals surface area contributed by atoms with Crippen LogP contribution in [0.15, 0.2) is 51.7 Å². The van der Waals surface area contributed by atoms with Gasteiger partial charge in [-0.25, -0.2) is 9.78 Å². The Labute approximate surface area is 151 Å². The molecule has 7 nitrogen and oxygen atoms in total. The molecule has 2 aromatic carbocycles. The number of hydrogen-bond acceptors (Lipinski definition) is 6. The number of benzene rings is 2. The molecular weight excluding hydrogens is 354 g/mol. The molecule has 0 bridgehead atoms. The number of nitrogens with one attached hydrogen (secondary N) is 1. The van der Waals surface area contributed by atoms with Gasteiger partial charge in [0.15, 0.2) is 10.7 Å². The molecule has 0 aliphatic carbocycles. The molecule has 1 amide bonds. The second-order valence-electron chi connectivity index (χ2n) is 5.64. The molecule has 0 atom stereocenters. The van der Waals surface area contributed by atoms with Crippen LogP contribution in [0.5, 0.6) is 5.75 Å². The molecule has 0 saturated carbocycles. The van der Waals surface area contributed by atoms with Crippen LogP contribution >= 0.6 is 11.3 Å². The average molecular weight is 369 g/mol. The highest BCUT2D eigenvalue weighted by Gasteiger charge is 2.12. The van der Waals surface area contributed by atoms with Crippen molar-refractivity contribution in [1.82, 2.24) is 9.55 Å². The van der Waals surface area contributed by atoms with E-state index in [2.05, 4.69) is 10.3 Å². The first-order valence-corrected chi connectivity index (χ1v) is 8.78. The number of carbonyl (C=O) groups excluding carboxylic acids is 1. The minimum Gasteiger partial charge on any atom is -0.497 e. The van der Waals surface area contributed by atoms with E-state index in [1.165, 1.54) is 15.9 Å². The van der Waals surface area contributed by atoms with Gasteiger partial charge in [0, 0.05) is 13.0 Å². The van der Waals surface area contributed by atoms with E-state index in [0.717, 1.165) is 16.0 Å². The molecule has 4 aromatic rings. The molecule has 26 heavy (non-hydrogen) atoms. The van der Waals surface area contributed by atoms with Crippen molar-refractivity contribution in [2.24, 2.45) is 0 Å². The Hall–Kier alpha value is -3.13. The van der Waals surface area contributed by atoms with Crippen molar-refractivity contribution < 1.29 is 13.9 Å². The average Bonchev–Trinajstić information content (AvgIpc) is 3.18. The summed E-state index contributed by atoms with van der Waals surface area (Å²) in [6.07, 6.45) is 0.142. The summed E-state index contributed by atoms with van der Waals surface area (Å²) in [7, 11) is 1.60. The van der Waals surface area contributed by atoms with Gasteiger partial charge in [0.2, 0.25) is 5.91 Å². The van der Waals surface area contributed by atoms with E-state index in [1.807, 2.05) is 24.3 Å². The number of hydrogen-bond donors (Lipinski definition) is 1. The van der Waals surface area contributed by atoms with Crippen molar-refractivity contribution in [2.45, 2.75) is 13.0 Å². The number of aryl methyl sites for hydroxylation is 1. The van der Waals surface area contributed by atoms with Gasteiger partial charge < -0.3 is 14.5 Å². The maximum absolute atomic E-state index is 12.2. The summed E-state index contributed by atoms with van der Waals surface area (Å²) in [6, 6.07) is 12.7. The Morgan fingerprint density at radius 3 is 3.00 bits per heavy atom. The zero-order valence-electron chi connectivity index (χ0n) is 13.9. The van der Waals surface area contributed by atoms with Gasteiger partial charge >= 0.3 is 5.76 Å². The Morgan fingerprint density at radius 1 is 1.31 bits per heavy atom. The lowest BCUT2D eigenvalue weighted by molar-refractivity contribution is -0.116. The van der Waals surface area contributed by atoms with Crippen molar-refractivity contribution in [1.29, 1.82) is 0 Å². The molecule has 0 saturated heterocycles. The van der Waals surface area contributed by atoms with Gasteiger partial charge in [-0.2, -0.15) is 0 Å². The Kier molecular flexibility index (Phi) is 4.18. The highest BCUT2D eigenvalue weighted by Crippen LogP contribution is 2.29. The smallest absolute Gasteiger partial charge is 0.419 e. The molecule has 1 N–H and O–H groups in total. The predicted octanol–water partition coefficient (Wildman–Crippen LogP) is 3.24. The molecule has 0 radical (unpaired) electrons. The number of oxazole rings is 1. The number of fused-ring (bicyclic) bond motifs is 2. The normalized spacial score (nSPS) is 11.1. The van der Waals surface area contributed by atoms with Gasteiger partial charge in [0.1, 0.15) is 5.75 Å². The van der Waals surface area contributed by atoms with E-state index >= 15 is 0 Å². The fourth-order valence-electron chi connectivity index (χ4n) is 2.71. The first kappa shape index (κ1) is 16.3. The topological polar surface area (TPSA) is 86.4 Å². The highest BCUT2D eigenvalue weighted by atomic mass is 32.1. The maximum Gasteiger partial charge on any atom is 0.419 e. The Balaban J connectivity index is 1.47. The number of amides is 1. The fraction of sp³-hybridized carbons (Fsp3) is 0.167. The van der Waals surface area contributed by atoms with Crippen LogP contribution in [0.25, 0.3) is 21.3 Å². The van der Waals surface area contributed by atoms with Crippen LogP contribution in [0, 0.1) is 0 Å². The predicted molar refractivity (Wildman–Crippen MR) is 99.9 cm³/mol. The van der Waals surface area contributed by atoms with Crippen molar-refractivity contribution in [3.05, 3.63) is 53.0 Å². The standard InChI is InChI=1S/C18H15N3O4S/c1-24-11-6-7-12-15(10-11)26-17(19-12)20-16(22)8-9-21-13-4-2-3-5-14(13)25-18(21)23/h2-7,10H,8-9H2,1H3,(H,19,20,22). The molecule has 0 fully saturated rings. The number of aromatic nitrogens is 2. The second kappa shape index (κ2) is 6.64. The maximum atomic E-state index is 12.2. The minimum absolute atomic E-state index is 0.142. The van der Waals surface area contributed by atoms with Crippen LogP contribution in [0.1, 0.15) is 6.42 Å². The fourth-order valence-corrected chi connectivity index (χ4v) is 3.62. The summed E-state index contributed by atoms with van der Waals surface area (Å²) < 4.78 is 12.7. The lowest BCUT2D eigenvalue weighted by Crippen LogP contribution is -2.19. The molecule has 0 aliphatic heterocycles. The van der Waals surface area contributed by atoms with Crippen LogP contribution in [-0.2, 0) is 11.3 Å². The third-order valence-electron chi connectivity index (χ3n) is 3.98. The third-order valence-corrected chi connectivity index (χ3v) is 4.91. The number of thiazole rings is 1. The number of ether oxygens (including phenoxy) is 1. The van der Waals surface area contributed by atoms with E-state index in [0.29, 0.717) is 16.2 Å². The summed E-state index contributed by atoms with van der Waals surface area (Å²) >= 11 is 1.37. The third kappa shape index (κ3) is 3.06. The lowest BCUT2D eigenvalue weighted by Gasteiger charge is -2.02. The molecule has 4 rings (SSSR count). The molecule has 0 spiro atoms. The number of anilines is 1. The van der Waals surface area contributed by atoms with Crippen molar-refractivity contribution in [3.63, 3.8) is 0 Å². The molecule has 2 aromatic heterocycles. The highest BCUT2D eigenvalue weighted by molar-refractivity contribution is 7.22. The second-order valence-corrected chi connectivity index (χ2v) is 6.67. The van der Waals surface area contributed by atoms with Crippen LogP contribution < -0.4 is 15.8 Å². The van der Waals surface area contributed by atoms with Gasteiger partial charge in [0.05, 0.1) is 22.8 Å². The Bertz CT molecular complexity index is 1160. The van der Waals surface area contributed by atoms with Crippen molar-refractivity contribution in [2.75, 3.05) is 12.4 Å². The SMILES string of the molecule is COc1ccc2nc(NC(=O)CCn3c(=O)oc4ccccc43)sc2c1. The Morgan fingerprint density at radius 2 is 2.15 bits per heavy atom. The minimum atomic E-state index is -0.467. The largest absolute Gasteiger partial charge is 0.497 e. The summed E-state index contributed by atoms with van der Waals surface area (Å²) in [4.78, 5) is 28.6. The molecule has 2 heterocycles. The van der Waals surface area contributed by atoms with Crippen LogP contribution in [0.4, 0.5) is 5.13 Å². The number of nitrogens with zero attached hydrogens (tertiary/aromatic N) is 2. The van der Waals surface area contributed by atoms with Crippen LogP contribution in [0.3, 0.4) is 0 Å². The summed E-state index contributed by atoms with van der Waals surface area (Å²) in [5, 5.41) is 3.30.